The molecule has 2 amide bonds. The van der Waals surface area contributed by atoms with Crippen molar-refractivity contribution in [3.05, 3.63) is 65.6 Å². The SMILES string of the molecule is O=C(NCCNC(=O)c1cnc(-c2ccccc2)s1)c1ccoc1. The molecule has 7 heteroatoms. The summed E-state index contributed by atoms with van der Waals surface area (Å²) >= 11 is 1.33. The van der Waals surface area contributed by atoms with E-state index in [4.69, 9.17) is 4.42 Å². The molecule has 0 bridgehead atoms. The number of hydrogen-bond donors (Lipinski definition) is 2. The highest BCUT2D eigenvalue weighted by molar-refractivity contribution is 7.16. The first-order valence-corrected chi connectivity index (χ1v) is 8.15. The first-order chi connectivity index (χ1) is 11.7. The van der Waals surface area contributed by atoms with Crippen molar-refractivity contribution in [3.8, 4) is 10.6 Å². The van der Waals surface area contributed by atoms with Gasteiger partial charge in [0.05, 0.1) is 18.0 Å². The molecule has 3 aromatic rings. The van der Waals surface area contributed by atoms with Crippen LogP contribution in [0, 0.1) is 0 Å². The molecule has 6 nitrogen and oxygen atoms in total. The lowest BCUT2D eigenvalue weighted by Gasteiger charge is -2.04. The highest BCUT2D eigenvalue weighted by atomic mass is 32.1. The number of nitrogens with one attached hydrogen (secondary N) is 2. The van der Waals surface area contributed by atoms with Crippen molar-refractivity contribution in [2.75, 3.05) is 13.1 Å². The first kappa shape index (κ1) is 15.9. The van der Waals surface area contributed by atoms with Crippen LogP contribution in [0.1, 0.15) is 20.0 Å². The van der Waals surface area contributed by atoms with Gasteiger partial charge >= 0.3 is 0 Å². The Labute approximate surface area is 142 Å². The van der Waals surface area contributed by atoms with Crippen LogP contribution in [0.5, 0.6) is 0 Å². The Morgan fingerprint density at radius 1 is 1.04 bits per heavy atom. The number of thiazole rings is 1. The lowest BCUT2D eigenvalue weighted by atomic mass is 10.2. The highest BCUT2D eigenvalue weighted by Crippen LogP contribution is 2.24. The Morgan fingerprint density at radius 3 is 2.50 bits per heavy atom. The largest absolute Gasteiger partial charge is 0.472 e. The topological polar surface area (TPSA) is 84.2 Å². The number of carbonyl (C=O) groups is 2. The van der Waals surface area contributed by atoms with Gasteiger partial charge < -0.3 is 15.1 Å². The molecule has 0 saturated heterocycles. The third-order valence-corrected chi connectivity index (χ3v) is 4.27. The van der Waals surface area contributed by atoms with Crippen molar-refractivity contribution in [2.45, 2.75) is 0 Å². The van der Waals surface area contributed by atoms with Gasteiger partial charge in [0, 0.05) is 18.7 Å². The van der Waals surface area contributed by atoms with Gasteiger partial charge in [-0.3, -0.25) is 9.59 Å². The van der Waals surface area contributed by atoms with Gasteiger partial charge in [0.1, 0.15) is 16.1 Å². The highest BCUT2D eigenvalue weighted by Gasteiger charge is 2.11. The van der Waals surface area contributed by atoms with Crippen LogP contribution in [0.2, 0.25) is 0 Å². The summed E-state index contributed by atoms with van der Waals surface area (Å²) in [7, 11) is 0. The van der Waals surface area contributed by atoms with E-state index in [0.29, 0.717) is 23.5 Å². The van der Waals surface area contributed by atoms with Crippen LogP contribution < -0.4 is 10.6 Å². The number of hydrogen-bond acceptors (Lipinski definition) is 5. The second-order valence-corrected chi connectivity index (χ2v) is 5.95. The summed E-state index contributed by atoms with van der Waals surface area (Å²) in [5.41, 5.74) is 1.44. The smallest absolute Gasteiger partial charge is 0.263 e. The predicted molar refractivity (Wildman–Crippen MR) is 90.9 cm³/mol. The summed E-state index contributed by atoms with van der Waals surface area (Å²) in [6, 6.07) is 11.3. The van der Waals surface area contributed by atoms with Gasteiger partial charge in [0.2, 0.25) is 0 Å². The summed E-state index contributed by atoms with van der Waals surface area (Å²) < 4.78 is 4.84. The van der Waals surface area contributed by atoms with Crippen LogP contribution in [-0.4, -0.2) is 29.9 Å². The molecule has 0 radical (unpaired) electrons. The zero-order valence-electron chi connectivity index (χ0n) is 12.7. The summed E-state index contributed by atoms with van der Waals surface area (Å²) in [6.45, 7) is 0.668. The van der Waals surface area contributed by atoms with E-state index in [1.807, 2.05) is 30.3 Å². The van der Waals surface area contributed by atoms with Gasteiger partial charge in [0.25, 0.3) is 11.8 Å². The second-order valence-electron chi connectivity index (χ2n) is 4.92. The minimum Gasteiger partial charge on any atom is -0.472 e. The Kier molecular flexibility index (Phi) is 5.02. The van der Waals surface area contributed by atoms with E-state index >= 15 is 0 Å². The van der Waals surface area contributed by atoms with E-state index in [2.05, 4.69) is 15.6 Å². The normalized spacial score (nSPS) is 10.3. The average Bonchev–Trinajstić information content (AvgIpc) is 3.31. The third-order valence-electron chi connectivity index (χ3n) is 3.23. The number of carbonyl (C=O) groups excluding carboxylic acids is 2. The van der Waals surface area contributed by atoms with E-state index in [1.165, 1.54) is 23.9 Å². The van der Waals surface area contributed by atoms with Crippen LogP contribution in [0.25, 0.3) is 10.6 Å². The molecule has 2 heterocycles. The summed E-state index contributed by atoms with van der Waals surface area (Å²) in [5.74, 6) is -0.436. The molecule has 24 heavy (non-hydrogen) atoms. The molecule has 2 N–H and O–H groups in total. The minimum atomic E-state index is -0.234. The number of benzene rings is 1. The van der Waals surface area contributed by atoms with Gasteiger partial charge in [-0.15, -0.1) is 11.3 Å². The van der Waals surface area contributed by atoms with Crippen LogP contribution in [-0.2, 0) is 0 Å². The van der Waals surface area contributed by atoms with Crippen LogP contribution in [0.4, 0.5) is 0 Å². The molecule has 3 rings (SSSR count). The summed E-state index contributed by atoms with van der Waals surface area (Å²) in [5, 5.41) is 6.25. The van der Waals surface area contributed by atoms with E-state index in [1.54, 1.807) is 12.3 Å². The molecule has 0 unspecified atom stereocenters. The van der Waals surface area contributed by atoms with E-state index in [0.717, 1.165) is 10.6 Å². The van der Waals surface area contributed by atoms with Crippen molar-refractivity contribution < 1.29 is 14.0 Å². The van der Waals surface area contributed by atoms with Crippen LogP contribution in [0.15, 0.2) is 59.5 Å². The van der Waals surface area contributed by atoms with Crippen LogP contribution >= 0.6 is 11.3 Å². The Bertz CT molecular complexity index is 813. The van der Waals surface area contributed by atoms with Crippen molar-refractivity contribution in [1.29, 1.82) is 0 Å². The molecule has 0 atom stereocenters. The van der Waals surface area contributed by atoms with Crippen LogP contribution in [0.3, 0.4) is 0 Å². The fourth-order valence-corrected chi connectivity index (χ4v) is 2.87. The molecule has 0 aliphatic heterocycles. The minimum absolute atomic E-state index is 0.202. The van der Waals surface area contributed by atoms with Crippen molar-refractivity contribution >= 4 is 23.2 Å². The Balaban J connectivity index is 1.47. The quantitative estimate of drug-likeness (QED) is 0.675. The molecule has 0 saturated carbocycles. The molecule has 2 aromatic heterocycles. The van der Waals surface area contributed by atoms with Gasteiger partial charge in [-0.2, -0.15) is 0 Å². The molecule has 0 fully saturated rings. The Hall–Kier alpha value is -2.93. The fraction of sp³-hybridized carbons (Fsp3) is 0.118. The average molecular weight is 341 g/mol. The fourth-order valence-electron chi connectivity index (χ4n) is 2.03. The van der Waals surface area contributed by atoms with E-state index in [-0.39, 0.29) is 11.8 Å². The second kappa shape index (κ2) is 7.56. The number of rotatable bonds is 6. The van der Waals surface area contributed by atoms with Gasteiger partial charge in [-0.05, 0) is 6.07 Å². The molecule has 122 valence electrons. The molecular weight excluding hydrogens is 326 g/mol. The van der Waals surface area contributed by atoms with Crippen molar-refractivity contribution in [1.82, 2.24) is 15.6 Å². The zero-order chi connectivity index (χ0) is 16.8. The first-order valence-electron chi connectivity index (χ1n) is 7.34. The number of nitrogens with zero attached hydrogens (tertiary/aromatic N) is 1. The van der Waals surface area contributed by atoms with Gasteiger partial charge in [-0.25, -0.2) is 4.98 Å². The van der Waals surface area contributed by atoms with Gasteiger partial charge in [0.15, 0.2) is 0 Å². The number of aromatic nitrogens is 1. The van der Waals surface area contributed by atoms with Crippen molar-refractivity contribution in [3.63, 3.8) is 0 Å². The predicted octanol–water partition coefficient (Wildman–Crippen LogP) is 2.56. The molecule has 0 aliphatic rings. The summed E-state index contributed by atoms with van der Waals surface area (Å²) in [4.78, 5) is 28.6. The maximum Gasteiger partial charge on any atom is 0.263 e. The number of furan rings is 1. The Morgan fingerprint density at radius 2 is 1.79 bits per heavy atom. The molecular formula is C17H15N3O3S. The monoisotopic (exact) mass is 341 g/mol. The van der Waals surface area contributed by atoms with E-state index in [9.17, 15) is 9.59 Å². The zero-order valence-corrected chi connectivity index (χ0v) is 13.5. The standard InChI is InChI=1S/C17H15N3O3S/c21-15(13-6-9-23-11-13)18-7-8-19-16(22)14-10-20-17(24-14)12-4-2-1-3-5-12/h1-6,9-11H,7-8H2,(H,18,21)(H,19,22). The molecule has 0 spiro atoms. The van der Waals surface area contributed by atoms with Gasteiger partial charge in [-0.1, -0.05) is 30.3 Å². The lowest BCUT2D eigenvalue weighted by Crippen LogP contribution is -2.34. The molecule has 0 aliphatic carbocycles. The van der Waals surface area contributed by atoms with Crippen molar-refractivity contribution in [2.24, 2.45) is 0 Å². The maximum absolute atomic E-state index is 12.1. The maximum atomic E-state index is 12.1. The third kappa shape index (κ3) is 3.88. The molecule has 1 aromatic carbocycles. The lowest BCUT2D eigenvalue weighted by molar-refractivity contribution is 0.0929. The van der Waals surface area contributed by atoms with E-state index < -0.39 is 0 Å². The number of amides is 2. The summed E-state index contributed by atoms with van der Waals surface area (Å²) in [6.07, 6.45) is 4.37.